The van der Waals surface area contributed by atoms with Gasteiger partial charge in [0.25, 0.3) is 5.91 Å². The molecule has 0 bridgehead atoms. The van der Waals surface area contributed by atoms with Crippen LogP contribution in [0.1, 0.15) is 34.1 Å². The predicted molar refractivity (Wildman–Crippen MR) is 127 cm³/mol. The maximum Gasteiger partial charge on any atom is 0.296 e. The van der Waals surface area contributed by atoms with Gasteiger partial charge in [-0.25, -0.2) is 5.01 Å². The number of hydrogen-bond donors (Lipinski definition) is 1. The van der Waals surface area contributed by atoms with Crippen LogP contribution in [0.4, 0.5) is 0 Å². The Kier molecular flexibility index (Phi) is 5.88. The van der Waals surface area contributed by atoms with Crippen LogP contribution < -0.4 is 9.47 Å². The van der Waals surface area contributed by atoms with Crippen LogP contribution in [0.15, 0.2) is 82.7 Å². The van der Waals surface area contributed by atoms with Crippen LogP contribution in [0.5, 0.6) is 17.2 Å². The molecule has 1 unspecified atom stereocenters. The van der Waals surface area contributed by atoms with Crippen LogP contribution in [0.25, 0.3) is 11.3 Å². The van der Waals surface area contributed by atoms with Crippen molar-refractivity contribution in [1.29, 1.82) is 0 Å². The molecule has 9 nitrogen and oxygen atoms in total. The summed E-state index contributed by atoms with van der Waals surface area (Å²) in [5.41, 5.74) is 2.84. The number of ether oxygens (including phenoxy) is 2. The first-order valence-corrected chi connectivity index (χ1v) is 10.9. The number of phenols is 1. The van der Waals surface area contributed by atoms with Gasteiger partial charge in [0.1, 0.15) is 5.75 Å². The maximum absolute atomic E-state index is 13.5. The molecule has 4 aromatic rings. The molecule has 0 saturated heterocycles. The zero-order valence-corrected chi connectivity index (χ0v) is 19.1. The number of rotatable bonds is 6. The van der Waals surface area contributed by atoms with Crippen LogP contribution in [0, 0.1) is 0 Å². The number of aromatic hydroxyl groups is 1. The summed E-state index contributed by atoms with van der Waals surface area (Å²) in [5, 5.41) is 20.4. The number of benzene rings is 2. The monoisotopic (exact) mass is 470 g/mol. The molecule has 0 radical (unpaired) electrons. The van der Waals surface area contributed by atoms with E-state index in [0.717, 1.165) is 5.56 Å². The molecule has 0 aliphatic carbocycles. The van der Waals surface area contributed by atoms with E-state index in [1.54, 1.807) is 69.1 Å². The average molecular weight is 470 g/mol. The van der Waals surface area contributed by atoms with Crippen molar-refractivity contribution in [3.63, 3.8) is 0 Å². The van der Waals surface area contributed by atoms with Gasteiger partial charge in [0.05, 0.1) is 26.0 Å². The molecular formula is C26H22N4O5. The van der Waals surface area contributed by atoms with Crippen LogP contribution in [0.2, 0.25) is 0 Å². The maximum atomic E-state index is 13.5. The number of methoxy groups -OCH3 is 2. The molecule has 0 saturated carbocycles. The van der Waals surface area contributed by atoms with Crippen molar-refractivity contribution in [2.45, 2.75) is 12.5 Å². The summed E-state index contributed by atoms with van der Waals surface area (Å²) in [4.78, 5) is 17.7. The Morgan fingerprint density at radius 1 is 1.03 bits per heavy atom. The lowest BCUT2D eigenvalue weighted by Gasteiger charge is -2.21. The largest absolute Gasteiger partial charge is 0.508 e. The SMILES string of the molecule is COc1ccc(-c2cc(C(=O)N3N=C(c4cccnc4)CC3c3ccccc3O)no2)cc1OC. The lowest BCUT2D eigenvalue weighted by Crippen LogP contribution is -2.27. The van der Waals surface area contributed by atoms with E-state index in [4.69, 9.17) is 14.0 Å². The number of para-hydroxylation sites is 1. The molecule has 35 heavy (non-hydrogen) atoms. The molecule has 0 fully saturated rings. The van der Waals surface area contributed by atoms with E-state index >= 15 is 0 Å². The number of amides is 1. The molecule has 9 heteroatoms. The van der Waals surface area contributed by atoms with Crippen molar-refractivity contribution in [3.8, 4) is 28.6 Å². The van der Waals surface area contributed by atoms with Gasteiger partial charge in [-0.1, -0.05) is 29.4 Å². The highest BCUT2D eigenvalue weighted by Gasteiger charge is 2.36. The number of carbonyl (C=O) groups is 1. The molecule has 2 aromatic carbocycles. The van der Waals surface area contributed by atoms with Crippen LogP contribution in [0.3, 0.4) is 0 Å². The molecule has 3 heterocycles. The minimum absolute atomic E-state index is 0.0871. The van der Waals surface area contributed by atoms with Crippen molar-refractivity contribution in [2.75, 3.05) is 14.2 Å². The van der Waals surface area contributed by atoms with E-state index in [-0.39, 0.29) is 11.4 Å². The lowest BCUT2D eigenvalue weighted by atomic mass is 9.98. The molecule has 0 spiro atoms. The molecule has 1 N–H and O–H groups in total. The molecule has 176 valence electrons. The summed E-state index contributed by atoms with van der Waals surface area (Å²) in [7, 11) is 3.10. The van der Waals surface area contributed by atoms with Crippen LogP contribution in [-0.2, 0) is 0 Å². The molecule has 5 rings (SSSR count). The van der Waals surface area contributed by atoms with Crippen molar-refractivity contribution in [3.05, 3.63) is 89.9 Å². The predicted octanol–water partition coefficient (Wildman–Crippen LogP) is 4.45. The summed E-state index contributed by atoms with van der Waals surface area (Å²) in [6, 6.07) is 16.9. The van der Waals surface area contributed by atoms with Gasteiger partial charge in [-0.3, -0.25) is 9.78 Å². The number of hydrazone groups is 1. The Bertz CT molecular complexity index is 1400. The minimum atomic E-state index is -0.514. The van der Waals surface area contributed by atoms with Gasteiger partial charge < -0.3 is 19.1 Å². The fraction of sp³-hybridized carbons (Fsp3) is 0.154. The van der Waals surface area contributed by atoms with Crippen LogP contribution in [-0.4, -0.2) is 46.1 Å². The third kappa shape index (κ3) is 4.19. The Morgan fingerprint density at radius 3 is 2.60 bits per heavy atom. The smallest absolute Gasteiger partial charge is 0.296 e. The van der Waals surface area contributed by atoms with E-state index in [2.05, 4.69) is 15.2 Å². The second kappa shape index (κ2) is 9.30. The summed E-state index contributed by atoms with van der Waals surface area (Å²) in [6.07, 6.45) is 3.78. The molecular weight excluding hydrogens is 448 g/mol. The van der Waals surface area contributed by atoms with Gasteiger partial charge in [0, 0.05) is 41.6 Å². The van der Waals surface area contributed by atoms with Gasteiger partial charge in [0.2, 0.25) is 0 Å². The van der Waals surface area contributed by atoms with E-state index in [9.17, 15) is 9.90 Å². The second-order valence-corrected chi connectivity index (χ2v) is 7.86. The minimum Gasteiger partial charge on any atom is -0.508 e. The second-order valence-electron chi connectivity index (χ2n) is 7.86. The van der Waals surface area contributed by atoms with Gasteiger partial charge in [-0.15, -0.1) is 0 Å². The molecule has 1 aliphatic rings. The lowest BCUT2D eigenvalue weighted by molar-refractivity contribution is 0.0699. The average Bonchev–Trinajstić information content (AvgIpc) is 3.57. The quantitative estimate of drug-likeness (QED) is 0.443. The highest BCUT2D eigenvalue weighted by molar-refractivity contribution is 6.04. The van der Waals surface area contributed by atoms with E-state index < -0.39 is 11.9 Å². The van der Waals surface area contributed by atoms with E-state index in [1.165, 1.54) is 5.01 Å². The molecule has 1 atom stereocenters. The molecule has 1 amide bonds. The summed E-state index contributed by atoms with van der Waals surface area (Å²) in [5.74, 6) is 1.13. The first kappa shape index (κ1) is 22.1. The highest BCUT2D eigenvalue weighted by atomic mass is 16.5. The molecule has 1 aliphatic heterocycles. The third-order valence-electron chi connectivity index (χ3n) is 5.81. The summed E-state index contributed by atoms with van der Waals surface area (Å²) in [6.45, 7) is 0. The number of phenolic OH excluding ortho intramolecular Hbond substituents is 1. The standard InChI is InChI=1S/C26H22N4O5/c1-33-23-10-9-16(12-25(23)34-2)24-14-20(29-35-24)26(32)30-21(18-7-3-4-8-22(18)31)13-19(28-30)17-6-5-11-27-15-17/h3-12,14-15,21,31H,13H2,1-2H3. The Hall–Kier alpha value is -4.66. The van der Waals surface area contributed by atoms with Gasteiger partial charge in [-0.05, 0) is 30.3 Å². The Morgan fingerprint density at radius 2 is 1.86 bits per heavy atom. The number of nitrogens with zero attached hydrogens (tertiary/aromatic N) is 4. The number of carbonyl (C=O) groups excluding carboxylic acids is 1. The van der Waals surface area contributed by atoms with Crippen molar-refractivity contribution >= 4 is 11.6 Å². The summed E-state index contributed by atoms with van der Waals surface area (Å²) >= 11 is 0. The van der Waals surface area contributed by atoms with Crippen molar-refractivity contribution in [2.24, 2.45) is 5.10 Å². The first-order valence-electron chi connectivity index (χ1n) is 10.9. The third-order valence-corrected chi connectivity index (χ3v) is 5.81. The topological polar surface area (TPSA) is 110 Å². The summed E-state index contributed by atoms with van der Waals surface area (Å²) < 4.78 is 16.1. The fourth-order valence-electron chi connectivity index (χ4n) is 4.04. The zero-order valence-electron chi connectivity index (χ0n) is 19.1. The van der Waals surface area contributed by atoms with Gasteiger partial charge >= 0.3 is 0 Å². The van der Waals surface area contributed by atoms with Gasteiger partial charge in [-0.2, -0.15) is 5.10 Å². The normalized spacial score (nSPS) is 15.1. The zero-order chi connectivity index (χ0) is 24.4. The van der Waals surface area contributed by atoms with Gasteiger partial charge in [0.15, 0.2) is 23.0 Å². The highest BCUT2D eigenvalue weighted by Crippen LogP contribution is 2.38. The molecule has 2 aromatic heterocycles. The van der Waals surface area contributed by atoms with E-state index in [0.29, 0.717) is 40.5 Å². The Balaban J connectivity index is 1.49. The van der Waals surface area contributed by atoms with E-state index in [1.807, 2.05) is 18.2 Å². The fourth-order valence-corrected chi connectivity index (χ4v) is 4.04. The number of aromatic nitrogens is 2. The first-order chi connectivity index (χ1) is 17.1. The van der Waals surface area contributed by atoms with Crippen molar-refractivity contribution in [1.82, 2.24) is 15.1 Å². The Labute approximate surface area is 201 Å². The number of hydrogen-bond acceptors (Lipinski definition) is 8. The number of pyridine rings is 1. The van der Waals surface area contributed by atoms with Crippen LogP contribution >= 0.6 is 0 Å². The van der Waals surface area contributed by atoms with Crippen molar-refractivity contribution < 1.29 is 23.9 Å².